The van der Waals surface area contributed by atoms with E-state index >= 15 is 0 Å². The summed E-state index contributed by atoms with van der Waals surface area (Å²) >= 11 is 0. The van der Waals surface area contributed by atoms with Crippen LogP contribution in [0.5, 0.6) is 0 Å². The number of carbonyl (C=O) groups excluding carboxylic acids is 2. The smallest absolute Gasteiger partial charge is 0.239 e. The van der Waals surface area contributed by atoms with Gasteiger partial charge in [-0.1, -0.05) is 6.92 Å². The van der Waals surface area contributed by atoms with Crippen LogP contribution in [0.1, 0.15) is 32.6 Å². The van der Waals surface area contributed by atoms with Crippen LogP contribution in [-0.2, 0) is 9.59 Å². The van der Waals surface area contributed by atoms with E-state index in [2.05, 4.69) is 5.32 Å². The van der Waals surface area contributed by atoms with Gasteiger partial charge in [0.1, 0.15) is 0 Å². The van der Waals surface area contributed by atoms with Crippen LogP contribution in [0.3, 0.4) is 0 Å². The largest absolute Gasteiger partial charge is 0.352 e. The topological polar surface area (TPSA) is 49.4 Å². The van der Waals surface area contributed by atoms with E-state index in [-0.39, 0.29) is 18.4 Å². The van der Waals surface area contributed by atoms with Crippen LogP contribution >= 0.6 is 0 Å². The standard InChI is InChI=1S/C10H18N2O2/c1-3-4-10(14)12(2)7-9(13)11-8-5-6-8/h8H,3-7H2,1-2H3,(H,11,13). The van der Waals surface area contributed by atoms with E-state index in [1.165, 1.54) is 4.90 Å². The molecule has 1 aliphatic carbocycles. The first-order valence-electron chi connectivity index (χ1n) is 5.16. The van der Waals surface area contributed by atoms with E-state index in [9.17, 15) is 9.59 Å². The molecular formula is C10H18N2O2. The average molecular weight is 198 g/mol. The predicted octanol–water partition coefficient (Wildman–Crippen LogP) is 0.523. The SMILES string of the molecule is CCCC(=O)N(C)CC(=O)NC1CC1. The highest BCUT2D eigenvalue weighted by Crippen LogP contribution is 2.18. The minimum Gasteiger partial charge on any atom is -0.352 e. The molecule has 4 heteroatoms. The van der Waals surface area contributed by atoms with Crippen LogP contribution in [0.15, 0.2) is 0 Å². The van der Waals surface area contributed by atoms with Gasteiger partial charge >= 0.3 is 0 Å². The number of amides is 2. The van der Waals surface area contributed by atoms with Crippen molar-refractivity contribution in [1.82, 2.24) is 10.2 Å². The Hall–Kier alpha value is -1.06. The Morgan fingerprint density at radius 1 is 1.43 bits per heavy atom. The lowest BCUT2D eigenvalue weighted by Crippen LogP contribution is -2.39. The molecule has 0 radical (unpaired) electrons. The van der Waals surface area contributed by atoms with Gasteiger partial charge in [-0.3, -0.25) is 9.59 Å². The molecule has 14 heavy (non-hydrogen) atoms. The van der Waals surface area contributed by atoms with E-state index in [0.29, 0.717) is 12.5 Å². The van der Waals surface area contributed by atoms with Gasteiger partial charge in [-0.05, 0) is 19.3 Å². The van der Waals surface area contributed by atoms with Crippen molar-refractivity contribution in [2.45, 2.75) is 38.6 Å². The molecule has 0 atom stereocenters. The summed E-state index contributed by atoms with van der Waals surface area (Å²) in [5.74, 6) is -0.00194. The molecule has 1 rings (SSSR count). The fourth-order valence-corrected chi connectivity index (χ4v) is 1.21. The zero-order valence-electron chi connectivity index (χ0n) is 8.88. The second-order valence-electron chi connectivity index (χ2n) is 3.84. The summed E-state index contributed by atoms with van der Waals surface area (Å²) in [6, 6.07) is 0.372. The van der Waals surface area contributed by atoms with Gasteiger partial charge in [0.25, 0.3) is 0 Å². The summed E-state index contributed by atoms with van der Waals surface area (Å²) in [6.07, 6.45) is 3.51. The third-order valence-electron chi connectivity index (χ3n) is 2.21. The first-order valence-corrected chi connectivity index (χ1v) is 5.16. The zero-order chi connectivity index (χ0) is 10.6. The molecule has 2 amide bonds. The van der Waals surface area contributed by atoms with E-state index in [0.717, 1.165) is 19.3 Å². The highest BCUT2D eigenvalue weighted by Gasteiger charge is 2.24. The Kier molecular flexibility index (Phi) is 3.92. The molecule has 0 aromatic carbocycles. The molecule has 1 N–H and O–H groups in total. The quantitative estimate of drug-likeness (QED) is 0.700. The number of hydrogen-bond donors (Lipinski definition) is 1. The monoisotopic (exact) mass is 198 g/mol. The number of nitrogens with zero attached hydrogens (tertiary/aromatic N) is 1. The molecule has 4 nitrogen and oxygen atoms in total. The van der Waals surface area contributed by atoms with E-state index in [4.69, 9.17) is 0 Å². The van der Waals surface area contributed by atoms with Gasteiger partial charge in [0.2, 0.25) is 11.8 Å². The molecule has 80 valence electrons. The molecule has 0 saturated heterocycles. The Morgan fingerprint density at radius 2 is 2.07 bits per heavy atom. The van der Waals surface area contributed by atoms with Crippen molar-refractivity contribution < 1.29 is 9.59 Å². The first kappa shape index (κ1) is 11.0. The summed E-state index contributed by atoms with van der Waals surface area (Å²) in [4.78, 5) is 24.1. The molecule has 1 saturated carbocycles. The van der Waals surface area contributed by atoms with Crippen molar-refractivity contribution in [3.05, 3.63) is 0 Å². The van der Waals surface area contributed by atoms with Crippen molar-refractivity contribution in [3.8, 4) is 0 Å². The minimum absolute atomic E-state index is 0.0402. The van der Waals surface area contributed by atoms with Gasteiger partial charge in [0, 0.05) is 19.5 Å². The van der Waals surface area contributed by atoms with Gasteiger partial charge in [-0.15, -0.1) is 0 Å². The summed E-state index contributed by atoms with van der Waals surface area (Å²) in [5.41, 5.74) is 0. The normalized spacial score (nSPS) is 15.0. The molecule has 0 bridgehead atoms. The lowest BCUT2D eigenvalue weighted by Gasteiger charge is -2.16. The molecule has 0 aromatic heterocycles. The zero-order valence-corrected chi connectivity index (χ0v) is 8.88. The Bertz CT molecular complexity index is 224. The maximum absolute atomic E-state index is 11.3. The van der Waals surface area contributed by atoms with Gasteiger partial charge in [0.15, 0.2) is 0 Å². The summed E-state index contributed by atoms with van der Waals surface area (Å²) in [5, 5.41) is 2.85. The Balaban J connectivity index is 2.20. The molecular weight excluding hydrogens is 180 g/mol. The molecule has 1 aliphatic rings. The van der Waals surface area contributed by atoms with Gasteiger partial charge < -0.3 is 10.2 Å². The molecule has 0 aliphatic heterocycles. The fourth-order valence-electron chi connectivity index (χ4n) is 1.21. The maximum Gasteiger partial charge on any atom is 0.239 e. The predicted molar refractivity (Wildman–Crippen MR) is 53.7 cm³/mol. The van der Waals surface area contributed by atoms with Crippen molar-refractivity contribution in [2.24, 2.45) is 0 Å². The molecule has 0 spiro atoms. The number of hydrogen-bond acceptors (Lipinski definition) is 2. The van der Waals surface area contributed by atoms with Crippen molar-refractivity contribution in [2.75, 3.05) is 13.6 Å². The lowest BCUT2D eigenvalue weighted by molar-refractivity contribution is -0.134. The highest BCUT2D eigenvalue weighted by atomic mass is 16.2. The van der Waals surface area contributed by atoms with Gasteiger partial charge in [0.05, 0.1) is 6.54 Å². The van der Waals surface area contributed by atoms with Crippen LogP contribution < -0.4 is 5.32 Å². The third-order valence-corrected chi connectivity index (χ3v) is 2.21. The summed E-state index contributed by atoms with van der Waals surface area (Å²) in [7, 11) is 1.67. The second-order valence-corrected chi connectivity index (χ2v) is 3.84. The highest BCUT2D eigenvalue weighted by molar-refractivity contribution is 5.84. The average Bonchev–Trinajstić information content (AvgIpc) is 2.88. The maximum atomic E-state index is 11.3. The van der Waals surface area contributed by atoms with Gasteiger partial charge in [-0.25, -0.2) is 0 Å². The van der Waals surface area contributed by atoms with Crippen molar-refractivity contribution in [1.29, 1.82) is 0 Å². The lowest BCUT2D eigenvalue weighted by atomic mass is 10.3. The van der Waals surface area contributed by atoms with Crippen LogP contribution in [0.2, 0.25) is 0 Å². The molecule has 0 heterocycles. The molecule has 1 fully saturated rings. The van der Waals surface area contributed by atoms with E-state index in [1.54, 1.807) is 7.05 Å². The van der Waals surface area contributed by atoms with Gasteiger partial charge in [-0.2, -0.15) is 0 Å². The summed E-state index contributed by atoms with van der Waals surface area (Å²) < 4.78 is 0. The Morgan fingerprint density at radius 3 is 2.57 bits per heavy atom. The second kappa shape index (κ2) is 4.98. The van der Waals surface area contributed by atoms with E-state index < -0.39 is 0 Å². The van der Waals surface area contributed by atoms with Crippen molar-refractivity contribution >= 4 is 11.8 Å². The van der Waals surface area contributed by atoms with E-state index in [1.807, 2.05) is 6.92 Å². The number of rotatable bonds is 5. The number of carbonyl (C=O) groups is 2. The van der Waals surface area contributed by atoms with Crippen LogP contribution in [0.4, 0.5) is 0 Å². The van der Waals surface area contributed by atoms with Crippen LogP contribution in [0.25, 0.3) is 0 Å². The number of nitrogens with one attached hydrogen (secondary N) is 1. The van der Waals surface area contributed by atoms with Crippen LogP contribution in [0, 0.1) is 0 Å². The Labute approximate surface area is 84.7 Å². The number of likely N-dealkylation sites (N-methyl/N-ethyl adjacent to an activating group) is 1. The first-order chi connectivity index (χ1) is 6.63. The van der Waals surface area contributed by atoms with Crippen LogP contribution in [-0.4, -0.2) is 36.3 Å². The van der Waals surface area contributed by atoms with Crippen molar-refractivity contribution in [3.63, 3.8) is 0 Å². The molecule has 0 aromatic rings. The molecule has 0 unspecified atom stereocenters. The summed E-state index contributed by atoms with van der Waals surface area (Å²) in [6.45, 7) is 2.14. The third kappa shape index (κ3) is 3.77. The fraction of sp³-hybridized carbons (Fsp3) is 0.800. The minimum atomic E-state index is -0.0422.